The highest BCUT2D eigenvalue weighted by Gasteiger charge is 2.31. The molecule has 2 heterocycles. The Hall–Kier alpha value is -1.40. The van der Waals surface area contributed by atoms with Gasteiger partial charge in [-0.3, -0.25) is 14.4 Å². The smallest absolute Gasteiger partial charge is 0.257 e. The quantitative estimate of drug-likeness (QED) is 0.887. The van der Waals surface area contributed by atoms with Crippen LogP contribution in [0.5, 0.6) is 0 Å². The summed E-state index contributed by atoms with van der Waals surface area (Å²) in [7, 11) is 2.12. The summed E-state index contributed by atoms with van der Waals surface area (Å²) in [6.07, 6.45) is 2.57. The maximum Gasteiger partial charge on any atom is 0.257 e. The maximum absolute atomic E-state index is 12.7. The van der Waals surface area contributed by atoms with Gasteiger partial charge in [0.05, 0.1) is 11.8 Å². The van der Waals surface area contributed by atoms with Crippen LogP contribution in [0.4, 0.5) is 0 Å². The van der Waals surface area contributed by atoms with Crippen molar-refractivity contribution in [3.8, 4) is 0 Å². The van der Waals surface area contributed by atoms with E-state index in [1.165, 1.54) is 0 Å². The molecular weight excluding hydrogens is 266 g/mol. The van der Waals surface area contributed by atoms with Crippen molar-refractivity contribution >= 4 is 5.91 Å². The Kier molecular flexibility index (Phi) is 5.00. The molecule has 2 atom stereocenters. The number of carbonyl (C=O) groups excluding carboxylic acids is 1. The van der Waals surface area contributed by atoms with E-state index >= 15 is 0 Å². The molecule has 2 unspecified atom stereocenters. The zero-order valence-electron chi connectivity index (χ0n) is 13.5. The second-order valence-electron chi connectivity index (χ2n) is 6.08. The van der Waals surface area contributed by atoms with Crippen LogP contribution in [0, 0.1) is 6.92 Å². The first-order valence-corrected chi connectivity index (χ1v) is 7.69. The lowest BCUT2D eigenvalue weighted by molar-refractivity contribution is 0.0413. The number of hydrogen-bond donors (Lipinski definition) is 1. The van der Waals surface area contributed by atoms with Gasteiger partial charge in [0.1, 0.15) is 0 Å². The highest BCUT2D eigenvalue weighted by atomic mass is 16.2. The number of carbonyl (C=O) groups is 1. The Balaban J connectivity index is 2.11. The average molecular weight is 293 g/mol. The highest BCUT2D eigenvalue weighted by molar-refractivity contribution is 5.95. The minimum Gasteiger partial charge on any atom is -0.335 e. The molecular formula is C15H27N5O. The molecule has 1 amide bonds. The summed E-state index contributed by atoms with van der Waals surface area (Å²) in [6, 6.07) is 0.760. The Morgan fingerprint density at radius 1 is 1.38 bits per heavy atom. The van der Waals surface area contributed by atoms with Gasteiger partial charge in [-0.1, -0.05) is 0 Å². The van der Waals surface area contributed by atoms with Crippen LogP contribution in [0.2, 0.25) is 0 Å². The third-order valence-corrected chi connectivity index (χ3v) is 4.55. The van der Waals surface area contributed by atoms with Gasteiger partial charge in [0.2, 0.25) is 0 Å². The molecule has 0 radical (unpaired) electrons. The summed E-state index contributed by atoms with van der Waals surface area (Å²) >= 11 is 0. The fourth-order valence-corrected chi connectivity index (χ4v) is 2.86. The fourth-order valence-electron chi connectivity index (χ4n) is 2.86. The summed E-state index contributed by atoms with van der Waals surface area (Å²) in [5, 5.41) is 4.33. The molecule has 1 fully saturated rings. The van der Waals surface area contributed by atoms with Gasteiger partial charge in [0.25, 0.3) is 5.91 Å². The number of nitrogens with zero attached hydrogens (tertiary/aromatic N) is 4. The Morgan fingerprint density at radius 2 is 2.00 bits per heavy atom. The first-order chi connectivity index (χ1) is 9.95. The lowest BCUT2D eigenvalue weighted by Crippen LogP contribution is -2.56. The average Bonchev–Trinajstić information content (AvgIpc) is 2.82. The molecule has 1 aliphatic rings. The van der Waals surface area contributed by atoms with E-state index in [9.17, 15) is 4.79 Å². The Labute approximate surface area is 126 Å². The van der Waals surface area contributed by atoms with E-state index in [4.69, 9.17) is 5.73 Å². The lowest BCUT2D eigenvalue weighted by atomic mass is 10.1. The van der Waals surface area contributed by atoms with Crippen LogP contribution in [0.15, 0.2) is 6.20 Å². The predicted molar refractivity (Wildman–Crippen MR) is 83.2 cm³/mol. The van der Waals surface area contributed by atoms with Crippen molar-refractivity contribution in [1.82, 2.24) is 19.6 Å². The summed E-state index contributed by atoms with van der Waals surface area (Å²) in [5.41, 5.74) is 7.19. The minimum absolute atomic E-state index is 0.0956. The first kappa shape index (κ1) is 16.0. The van der Waals surface area contributed by atoms with Gasteiger partial charge in [-0.2, -0.15) is 5.10 Å². The molecule has 2 N–H and O–H groups in total. The second-order valence-corrected chi connectivity index (χ2v) is 6.08. The van der Waals surface area contributed by atoms with Gasteiger partial charge in [-0.25, -0.2) is 0 Å². The number of rotatable bonds is 4. The molecule has 6 heteroatoms. The molecule has 118 valence electrons. The van der Waals surface area contributed by atoms with Gasteiger partial charge in [0.15, 0.2) is 0 Å². The van der Waals surface area contributed by atoms with E-state index in [1.54, 1.807) is 6.20 Å². The molecule has 0 bridgehead atoms. The number of aromatic nitrogens is 2. The topological polar surface area (TPSA) is 67.4 Å². The van der Waals surface area contributed by atoms with Crippen LogP contribution in [-0.2, 0) is 6.54 Å². The number of piperazine rings is 1. The van der Waals surface area contributed by atoms with Crippen LogP contribution in [0.3, 0.4) is 0 Å². The van der Waals surface area contributed by atoms with Gasteiger partial charge in [-0.05, 0) is 40.8 Å². The van der Waals surface area contributed by atoms with E-state index in [1.807, 2.05) is 16.5 Å². The van der Waals surface area contributed by atoms with E-state index in [0.717, 1.165) is 37.3 Å². The standard InChI is InChI=1S/C15H27N5O/c1-11-9-19(10-12(2)18(11)4)15(21)14-8-17-20(13(14)3)7-5-6-16/h8,11-12H,5-7,9-10,16H2,1-4H3. The normalized spacial score (nSPS) is 23.6. The SMILES string of the molecule is Cc1c(C(=O)N2CC(C)N(C)C(C)C2)cnn1CCCN. The van der Waals surface area contributed by atoms with Crippen LogP contribution in [0.1, 0.15) is 36.3 Å². The summed E-state index contributed by atoms with van der Waals surface area (Å²) < 4.78 is 1.88. The van der Waals surface area contributed by atoms with E-state index in [0.29, 0.717) is 18.6 Å². The molecule has 1 aromatic rings. The number of amides is 1. The minimum atomic E-state index is 0.0956. The summed E-state index contributed by atoms with van der Waals surface area (Å²) in [4.78, 5) is 17.0. The Bertz CT molecular complexity index is 486. The molecule has 1 aromatic heterocycles. The zero-order valence-corrected chi connectivity index (χ0v) is 13.5. The van der Waals surface area contributed by atoms with Crippen LogP contribution in [0.25, 0.3) is 0 Å². The van der Waals surface area contributed by atoms with Crippen molar-refractivity contribution in [3.05, 3.63) is 17.5 Å². The van der Waals surface area contributed by atoms with E-state index in [2.05, 4.69) is 30.9 Å². The van der Waals surface area contributed by atoms with Crippen molar-refractivity contribution in [2.24, 2.45) is 5.73 Å². The van der Waals surface area contributed by atoms with E-state index in [-0.39, 0.29) is 5.91 Å². The van der Waals surface area contributed by atoms with Gasteiger partial charge in [0, 0.05) is 37.4 Å². The number of aryl methyl sites for hydroxylation is 1. The molecule has 6 nitrogen and oxygen atoms in total. The predicted octanol–water partition coefficient (Wildman–Crippen LogP) is 0.705. The number of nitrogens with two attached hydrogens (primary N) is 1. The monoisotopic (exact) mass is 293 g/mol. The van der Waals surface area contributed by atoms with Crippen molar-refractivity contribution in [2.75, 3.05) is 26.7 Å². The summed E-state index contributed by atoms with van der Waals surface area (Å²) in [5.74, 6) is 0.0956. The van der Waals surface area contributed by atoms with Crippen LogP contribution >= 0.6 is 0 Å². The van der Waals surface area contributed by atoms with Gasteiger partial charge in [-0.15, -0.1) is 0 Å². The molecule has 21 heavy (non-hydrogen) atoms. The molecule has 0 aliphatic carbocycles. The zero-order chi connectivity index (χ0) is 15.6. The third kappa shape index (κ3) is 3.27. The van der Waals surface area contributed by atoms with Crippen LogP contribution < -0.4 is 5.73 Å². The van der Waals surface area contributed by atoms with Crippen molar-refractivity contribution in [2.45, 2.75) is 45.8 Å². The molecule has 0 aromatic carbocycles. The molecule has 0 saturated carbocycles. The third-order valence-electron chi connectivity index (χ3n) is 4.55. The first-order valence-electron chi connectivity index (χ1n) is 7.69. The highest BCUT2D eigenvalue weighted by Crippen LogP contribution is 2.18. The van der Waals surface area contributed by atoms with Crippen molar-refractivity contribution < 1.29 is 4.79 Å². The molecule has 2 rings (SSSR count). The van der Waals surface area contributed by atoms with Gasteiger partial charge < -0.3 is 10.6 Å². The van der Waals surface area contributed by atoms with Crippen molar-refractivity contribution in [3.63, 3.8) is 0 Å². The Morgan fingerprint density at radius 3 is 2.57 bits per heavy atom. The molecule has 1 aliphatic heterocycles. The number of likely N-dealkylation sites (N-methyl/N-ethyl adjacent to an activating group) is 1. The van der Waals surface area contributed by atoms with Crippen molar-refractivity contribution in [1.29, 1.82) is 0 Å². The largest absolute Gasteiger partial charge is 0.335 e. The van der Waals surface area contributed by atoms with E-state index < -0.39 is 0 Å². The maximum atomic E-state index is 12.7. The number of hydrogen-bond acceptors (Lipinski definition) is 4. The van der Waals surface area contributed by atoms with Crippen LogP contribution in [-0.4, -0.2) is 64.3 Å². The molecule has 0 spiro atoms. The van der Waals surface area contributed by atoms with Gasteiger partial charge >= 0.3 is 0 Å². The second kappa shape index (κ2) is 6.58. The lowest BCUT2D eigenvalue weighted by Gasteiger charge is -2.42. The summed E-state index contributed by atoms with van der Waals surface area (Å²) in [6.45, 7) is 9.22. The molecule has 1 saturated heterocycles. The fraction of sp³-hybridized carbons (Fsp3) is 0.733.